The number of carbonyl (C=O) groups excluding carboxylic acids is 1. The number of ether oxygens (including phenoxy) is 2. The fraction of sp³-hybridized carbons (Fsp3) is 0.333. The lowest BCUT2D eigenvalue weighted by Crippen LogP contribution is -2.22. The molecule has 5 heteroatoms. The maximum atomic E-state index is 11.1. The zero-order valence-corrected chi connectivity index (χ0v) is 8.06. The smallest absolute Gasteiger partial charge is 0.327 e. The minimum absolute atomic E-state index is 0.478. The summed E-state index contributed by atoms with van der Waals surface area (Å²) >= 11 is 0. The summed E-state index contributed by atoms with van der Waals surface area (Å²) in [5.74, 6) is -0.0113. The summed E-state index contributed by atoms with van der Waals surface area (Å²) < 4.78 is 9.37. The zero-order valence-electron chi connectivity index (χ0n) is 8.06. The van der Waals surface area contributed by atoms with Gasteiger partial charge in [-0.25, -0.2) is 4.98 Å². The molecule has 0 aliphatic rings. The molecule has 1 heterocycles. The maximum absolute atomic E-state index is 11.1. The molecular weight excluding hydrogens is 184 g/mol. The van der Waals surface area contributed by atoms with E-state index in [1.807, 2.05) is 0 Å². The van der Waals surface area contributed by atoms with Crippen LogP contribution in [0.25, 0.3) is 0 Å². The maximum Gasteiger partial charge on any atom is 0.327 e. The summed E-state index contributed by atoms with van der Waals surface area (Å²) in [6.07, 6.45) is 1.49. The van der Waals surface area contributed by atoms with Crippen LogP contribution in [-0.4, -0.2) is 25.2 Å². The summed E-state index contributed by atoms with van der Waals surface area (Å²) in [4.78, 5) is 15.0. The van der Waals surface area contributed by atoms with Crippen molar-refractivity contribution in [2.75, 3.05) is 14.2 Å². The average Bonchev–Trinajstić information content (AvgIpc) is 2.27. The minimum Gasteiger partial charge on any atom is -0.481 e. The van der Waals surface area contributed by atoms with E-state index in [2.05, 4.69) is 9.72 Å². The van der Waals surface area contributed by atoms with Gasteiger partial charge in [0.1, 0.15) is 6.04 Å². The molecule has 0 amide bonds. The second-order valence-electron chi connectivity index (χ2n) is 2.63. The van der Waals surface area contributed by atoms with Gasteiger partial charge in [-0.1, -0.05) is 0 Å². The Kier molecular flexibility index (Phi) is 3.41. The number of pyridine rings is 1. The van der Waals surface area contributed by atoms with E-state index in [0.29, 0.717) is 11.4 Å². The molecule has 1 aromatic heterocycles. The van der Waals surface area contributed by atoms with Crippen molar-refractivity contribution in [3.8, 4) is 5.88 Å². The van der Waals surface area contributed by atoms with Gasteiger partial charge in [-0.2, -0.15) is 0 Å². The average molecular weight is 196 g/mol. The lowest BCUT2D eigenvalue weighted by Gasteiger charge is -2.08. The summed E-state index contributed by atoms with van der Waals surface area (Å²) in [5, 5.41) is 0. The first kappa shape index (κ1) is 10.5. The van der Waals surface area contributed by atoms with E-state index < -0.39 is 12.0 Å². The molecule has 0 fully saturated rings. The highest BCUT2D eigenvalue weighted by Crippen LogP contribution is 2.13. The highest BCUT2D eigenvalue weighted by molar-refractivity contribution is 5.77. The normalized spacial score (nSPS) is 11.9. The van der Waals surface area contributed by atoms with Gasteiger partial charge >= 0.3 is 5.97 Å². The van der Waals surface area contributed by atoms with Crippen molar-refractivity contribution in [1.82, 2.24) is 4.98 Å². The molecule has 2 N–H and O–H groups in total. The summed E-state index contributed by atoms with van der Waals surface area (Å²) in [7, 11) is 2.81. The molecule has 0 bridgehead atoms. The van der Waals surface area contributed by atoms with Crippen molar-refractivity contribution in [3.05, 3.63) is 23.9 Å². The van der Waals surface area contributed by atoms with E-state index >= 15 is 0 Å². The minimum atomic E-state index is -0.793. The van der Waals surface area contributed by atoms with Gasteiger partial charge in [-0.05, 0) is 11.6 Å². The van der Waals surface area contributed by atoms with Crippen LogP contribution < -0.4 is 10.5 Å². The van der Waals surface area contributed by atoms with Crippen molar-refractivity contribution >= 4 is 5.97 Å². The zero-order chi connectivity index (χ0) is 10.6. The molecule has 14 heavy (non-hydrogen) atoms. The highest BCUT2D eigenvalue weighted by atomic mass is 16.5. The van der Waals surface area contributed by atoms with Gasteiger partial charge in [0.15, 0.2) is 0 Å². The number of aromatic nitrogens is 1. The fourth-order valence-electron chi connectivity index (χ4n) is 0.960. The fourth-order valence-corrected chi connectivity index (χ4v) is 0.960. The van der Waals surface area contributed by atoms with Crippen molar-refractivity contribution in [1.29, 1.82) is 0 Å². The van der Waals surface area contributed by atoms with Gasteiger partial charge in [0, 0.05) is 12.3 Å². The summed E-state index contributed by atoms with van der Waals surface area (Å²) in [5.41, 5.74) is 6.18. The molecule has 1 aromatic rings. The molecule has 0 saturated carbocycles. The van der Waals surface area contributed by atoms with Crippen LogP contribution in [0.2, 0.25) is 0 Å². The van der Waals surface area contributed by atoms with Crippen LogP contribution >= 0.6 is 0 Å². The third kappa shape index (κ3) is 2.20. The number of carbonyl (C=O) groups is 1. The first-order valence-corrected chi connectivity index (χ1v) is 4.02. The van der Waals surface area contributed by atoms with Crippen LogP contribution in [-0.2, 0) is 9.53 Å². The molecule has 76 valence electrons. The molecule has 0 radical (unpaired) electrons. The quantitative estimate of drug-likeness (QED) is 0.702. The molecule has 0 aliphatic carbocycles. The Morgan fingerprint density at radius 3 is 2.64 bits per heavy atom. The topological polar surface area (TPSA) is 74.4 Å². The second-order valence-corrected chi connectivity index (χ2v) is 2.63. The molecule has 0 saturated heterocycles. The second kappa shape index (κ2) is 4.57. The van der Waals surface area contributed by atoms with Crippen LogP contribution in [0.4, 0.5) is 0 Å². The highest BCUT2D eigenvalue weighted by Gasteiger charge is 2.16. The molecule has 1 atom stereocenters. The number of methoxy groups -OCH3 is 2. The van der Waals surface area contributed by atoms with Crippen LogP contribution in [0, 0.1) is 0 Å². The molecule has 1 rings (SSSR count). The van der Waals surface area contributed by atoms with Crippen LogP contribution in [0.15, 0.2) is 18.3 Å². The number of hydrogen-bond acceptors (Lipinski definition) is 5. The molecule has 0 aliphatic heterocycles. The van der Waals surface area contributed by atoms with Crippen molar-refractivity contribution in [3.63, 3.8) is 0 Å². The van der Waals surface area contributed by atoms with Crippen LogP contribution in [0.3, 0.4) is 0 Å². The Hall–Kier alpha value is -1.62. The third-order valence-corrected chi connectivity index (χ3v) is 1.78. The standard InChI is InChI=1S/C9H12N2O3/c1-13-7-4-3-6(5-11-7)8(10)9(12)14-2/h3-5,8H,10H2,1-2H3. The number of hydrogen-bond donors (Lipinski definition) is 1. The van der Waals surface area contributed by atoms with E-state index in [1.54, 1.807) is 12.1 Å². The number of esters is 1. The SMILES string of the molecule is COC(=O)C(N)c1ccc(OC)nc1. The number of rotatable bonds is 3. The van der Waals surface area contributed by atoms with Crippen molar-refractivity contribution < 1.29 is 14.3 Å². The van der Waals surface area contributed by atoms with Crippen molar-refractivity contribution in [2.45, 2.75) is 6.04 Å². The molecule has 0 spiro atoms. The molecule has 1 unspecified atom stereocenters. The lowest BCUT2D eigenvalue weighted by atomic mass is 10.1. The van der Waals surface area contributed by atoms with Crippen LogP contribution in [0.5, 0.6) is 5.88 Å². The molecular formula is C9H12N2O3. The van der Waals surface area contributed by atoms with E-state index in [-0.39, 0.29) is 0 Å². The Morgan fingerprint density at radius 2 is 2.21 bits per heavy atom. The first-order valence-electron chi connectivity index (χ1n) is 4.02. The van der Waals surface area contributed by atoms with E-state index in [4.69, 9.17) is 10.5 Å². The Bertz CT molecular complexity index is 310. The van der Waals surface area contributed by atoms with E-state index in [0.717, 1.165) is 0 Å². The van der Waals surface area contributed by atoms with Gasteiger partial charge in [-0.15, -0.1) is 0 Å². The van der Waals surface area contributed by atoms with E-state index in [9.17, 15) is 4.79 Å². The summed E-state index contributed by atoms with van der Waals surface area (Å²) in [6.45, 7) is 0. The van der Waals surface area contributed by atoms with Gasteiger partial charge in [0.2, 0.25) is 5.88 Å². The van der Waals surface area contributed by atoms with Crippen molar-refractivity contribution in [2.24, 2.45) is 5.73 Å². The Labute approximate surface area is 81.8 Å². The largest absolute Gasteiger partial charge is 0.481 e. The predicted molar refractivity (Wildman–Crippen MR) is 49.7 cm³/mol. The third-order valence-electron chi connectivity index (χ3n) is 1.78. The predicted octanol–water partition coefficient (Wildman–Crippen LogP) is 0.263. The Balaban J connectivity index is 2.81. The number of nitrogens with zero attached hydrogens (tertiary/aromatic N) is 1. The lowest BCUT2D eigenvalue weighted by molar-refractivity contribution is -0.142. The number of nitrogens with two attached hydrogens (primary N) is 1. The van der Waals surface area contributed by atoms with Gasteiger partial charge in [0.25, 0.3) is 0 Å². The first-order chi connectivity index (χ1) is 6.69. The molecule has 0 aromatic carbocycles. The van der Waals surface area contributed by atoms with Gasteiger partial charge in [0.05, 0.1) is 14.2 Å². The van der Waals surface area contributed by atoms with Crippen LogP contribution in [0.1, 0.15) is 11.6 Å². The summed E-state index contributed by atoms with van der Waals surface area (Å²) in [6, 6.07) is 2.52. The van der Waals surface area contributed by atoms with Gasteiger partial charge in [-0.3, -0.25) is 4.79 Å². The van der Waals surface area contributed by atoms with Gasteiger partial charge < -0.3 is 15.2 Å². The monoisotopic (exact) mass is 196 g/mol. The van der Waals surface area contributed by atoms with E-state index in [1.165, 1.54) is 20.4 Å². The Morgan fingerprint density at radius 1 is 1.50 bits per heavy atom. The molecule has 5 nitrogen and oxygen atoms in total.